The summed E-state index contributed by atoms with van der Waals surface area (Å²) < 4.78 is 22.1. The van der Waals surface area contributed by atoms with Gasteiger partial charge in [-0.1, -0.05) is 0 Å². The molecule has 0 bridgehead atoms. The lowest BCUT2D eigenvalue weighted by Crippen LogP contribution is -2.41. The van der Waals surface area contributed by atoms with Gasteiger partial charge in [0, 0.05) is 5.56 Å². The number of nitro groups is 1. The molecule has 0 spiro atoms. The molecule has 24 heavy (non-hydrogen) atoms. The summed E-state index contributed by atoms with van der Waals surface area (Å²) in [6.45, 7) is 7.57. The molecular weight excluding hydrogens is 315 g/mol. The highest BCUT2D eigenvalue weighted by atomic mass is 16.7. The first-order valence-corrected chi connectivity index (χ1v) is 7.55. The van der Waals surface area contributed by atoms with Gasteiger partial charge in [-0.2, -0.15) is 0 Å². The molecule has 1 aliphatic rings. The van der Waals surface area contributed by atoms with Crippen LogP contribution in [0.4, 0.5) is 5.69 Å². The lowest BCUT2D eigenvalue weighted by molar-refractivity contribution is -0.385. The van der Waals surface area contributed by atoms with Crippen LogP contribution in [0.1, 0.15) is 39.2 Å². The predicted molar refractivity (Wildman–Crippen MR) is 89.2 cm³/mol. The van der Waals surface area contributed by atoms with Crippen molar-refractivity contribution in [1.82, 2.24) is 0 Å². The second-order valence-electron chi connectivity index (χ2n) is 6.67. The van der Waals surface area contributed by atoms with Crippen LogP contribution in [0.3, 0.4) is 0 Å². The summed E-state index contributed by atoms with van der Waals surface area (Å²) in [5.74, 6) is -0.245. The maximum absolute atomic E-state index is 11.4. The summed E-state index contributed by atoms with van der Waals surface area (Å²) in [6, 6.07) is 2.78. The molecule has 1 aliphatic heterocycles. The summed E-state index contributed by atoms with van der Waals surface area (Å²) in [4.78, 5) is 10.9. The third-order valence-corrected chi connectivity index (χ3v) is 4.65. The Kier molecular flexibility index (Phi) is 4.80. The molecule has 1 heterocycles. The summed E-state index contributed by atoms with van der Waals surface area (Å²) in [6.07, 6.45) is 0. The van der Waals surface area contributed by atoms with E-state index in [-0.39, 0.29) is 17.0 Å². The van der Waals surface area contributed by atoms with Crippen molar-refractivity contribution >= 4 is 12.8 Å². The molecule has 1 saturated heterocycles. The van der Waals surface area contributed by atoms with Crippen LogP contribution in [0.25, 0.3) is 0 Å². The van der Waals surface area contributed by atoms with E-state index in [1.165, 1.54) is 26.4 Å². The Hall–Kier alpha value is -1.84. The molecule has 1 aromatic rings. The highest BCUT2D eigenvalue weighted by Gasteiger charge is 2.54. The van der Waals surface area contributed by atoms with Crippen molar-refractivity contribution < 1.29 is 23.7 Å². The number of nitrogens with zero attached hydrogens (tertiary/aromatic N) is 1. The number of hydrogen-bond acceptors (Lipinski definition) is 7. The number of nitrogens with two attached hydrogens (primary N) is 1. The van der Waals surface area contributed by atoms with E-state index < -0.39 is 29.2 Å². The summed E-state index contributed by atoms with van der Waals surface area (Å²) in [5, 5.41) is 11.4. The maximum atomic E-state index is 11.4. The molecule has 0 saturated carbocycles. The van der Waals surface area contributed by atoms with Crippen LogP contribution >= 0.6 is 0 Å². The van der Waals surface area contributed by atoms with Crippen LogP contribution in [0.2, 0.25) is 0 Å². The first-order valence-electron chi connectivity index (χ1n) is 7.55. The number of hydrogen-bond donors (Lipinski definition) is 1. The van der Waals surface area contributed by atoms with Gasteiger partial charge < -0.3 is 24.5 Å². The molecule has 8 nitrogen and oxygen atoms in total. The number of ether oxygens (including phenoxy) is 2. The van der Waals surface area contributed by atoms with Crippen molar-refractivity contribution in [2.75, 3.05) is 14.2 Å². The molecular formula is C15H23BN2O6. The van der Waals surface area contributed by atoms with Gasteiger partial charge >= 0.3 is 7.12 Å². The second kappa shape index (κ2) is 6.23. The highest BCUT2D eigenvalue weighted by Crippen LogP contribution is 2.43. The van der Waals surface area contributed by atoms with E-state index in [1.807, 2.05) is 27.7 Å². The fourth-order valence-corrected chi connectivity index (χ4v) is 2.49. The van der Waals surface area contributed by atoms with Gasteiger partial charge in [-0.05, 0) is 33.8 Å². The Morgan fingerprint density at radius 3 is 2.00 bits per heavy atom. The standard InChI is InChI=1S/C15H23BN2O6/c1-14(2)15(3,4)24-16(23-14)13(17)9-7-11(21-5)12(22-6)8-10(9)18(19)20/h7-8,13H,17H2,1-6H3/t13-/m1/s1. The van der Waals surface area contributed by atoms with Crippen molar-refractivity contribution in [1.29, 1.82) is 0 Å². The molecule has 1 atom stereocenters. The lowest BCUT2D eigenvalue weighted by atomic mass is 9.74. The van der Waals surface area contributed by atoms with E-state index in [0.29, 0.717) is 5.75 Å². The Balaban J connectivity index is 2.46. The minimum atomic E-state index is -0.855. The molecule has 1 aromatic carbocycles. The SMILES string of the molecule is COc1cc([C@@H](N)B2OC(C)(C)C(C)(C)O2)c([N+](=O)[O-])cc1OC. The monoisotopic (exact) mass is 338 g/mol. The quantitative estimate of drug-likeness (QED) is 0.498. The van der Waals surface area contributed by atoms with E-state index in [4.69, 9.17) is 24.5 Å². The molecule has 2 rings (SSSR count). The largest absolute Gasteiger partial charge is 0.493 e. The molecule has 0 unspecified atom stereocenters. The molecule has 9 heteroatoms. The number of benzene rings is 1. The Morgan fingerprint density at radius 1 is 1.12 bits per heavy atom. The van der Waals surface area contributed by atoms with Gasteiger partial charge in [0.1, 0.15) is 0 Å². The second-order valence-corrected chi connectivity index (χ2v) is 6.67. The third-order valence-electron chi connectivity index (χ3n) is 4.65. The maximum Gasteiger partial charge on any atom is 0.480 e. The predicted octanol–water partition coefficient (Wildman–Crippen LogP) is 2.24. The van der Waals surface area contributed by atoms with Crippen LogP contribution in [-0.2, 0) is 9.31 Å². The van der Waals surface area contributed by atoms with Crippen molar-refractivity contribution in [2.45, 2.75) is 44.8 Å². The zero-order valence-electron chi connectivity index (χ0n) is 14.8. The van der Waals surface area contributed by atoms with Gasteiger partial charge in [0.25, 0.3) is 5.69 Å². The van der Waals surface area contributed by atoms with Gasteiger partial charge in [-0.3, -0.25) is 10.1 Å². The van der Waals surface area contributed by atoms with Gasteiger partial charge in [0.2, 0.25) is 0 Å². The number of methoxy groups -OCH3 is 2. The van der Waals surface area contributed by atoms with Crippen molar-refractivity contribution in [2.24, 2.45) is 5.73 Å². The van der Waals surface area contributed by atoms with E-state index in [0.717, 1.165) is 0 Å². The lowest BCUT2D eigenvalue weighted by Gasteiger charge is -2.32. The van der Waals surface area contributed by atoms with Gasteiger partial charge in [0.15, 0.2) is 11.5 Å². The zero-order chi connectivity index (χ0) is 18.3. The molecule has 0 aromatic heterocycles. The van der Waals surface area contributed by atoms with Crippen LogP contribution < -0.4 is 15.2 Å². The molecule has 132 valence electrons. The van der Waals surface area contributed by atoms with Gasteiger partial charge in [-0.15, -0.1) is 0 Å². The first kappa shape index (κ1) is 18.5. The molecule has 0 radical (unpaired) electrons. The van der Waals surface area contributed by atoms with E-state index >= 15 is 0 Å². The average molecular weight is 338 g/mol. The first-order chi connectivity index (χ1) is 11.0. The minimum Gasteiger partial charge on any atom is -0.493 e. The van der Waals surface area contributed by atoms with Crippen molar-refractivity contribution in [3.05, 3.63) is 27.8 Å². The zero-order valence-corrected chi connectivity index (χ0v) is 14.8. The highest BCUT2D eigenvalue weighted by molar-refractivity contribution is 6.47. The third kappa shape index (κ3) is 3.06. The van der Waals surface area contributed by atoms with Crippen LogP contribution in [0.15, 0.2) is 12.1 Å². The Morgan fingerprint density at radius 2 is 1.58 bits per heavy atom. The van der Waals surface area contributed by atoms with E-state index in [2.05, 4.69) is 0 Å². The number of rotatable bonds is 5. The van der Waals surface area contributed by atoms with E-state index in [1.54, 1.807) is 0 Å². The summed E-state index contributed by atoms with van der Waals surface area (Å²) in [5.41, 5.74) is 5.17. The Labute approximate surface area is 141 Å². The molecule has 0 amide bonds. The molecule has 1 fully saturated rings. The smallest absolute Gasteiger partial charge is 0.480 e. The summed E-state index contributed by atoms with van der Waals surface area (Å²) >= 11 is 0. The average Bonchev–Trinajstić information content (AvgIpc) is 2.73. The number of nitro benzene ring substituents is 1. The molecule has 0 aliphatic carbocycles. The van der Waals surface area contributed by atoms with Gasteiger partial charge in [-0.25, -0.2) is 0 Å². The topological polar surface area (TPSA) is 106 Å². The van der Waals surface area contributed by atoms with E-state index in [9.17, 15) is 10.1 Å². The molecule has 2 N–H and O–H groups in total. The normalized spacial score (nSPS) is 19.9. The minimum absolute atomic E-state index is 0.171. The Bertz CT molecular complexity index is 633. The van der Waals surface area contributed by atoms with Crippen molar-refractivity contribution in [3.8, 4) is 11.5 Å². The fraction of sp³-hybridized carbons (Fsp3) is 0.600. The van der Waals surface area contributed by atoms with Crippen LogP contribution in [-0.4, -0.2) is 37.5 Å². The van der Waals surface area contributed by atoms with Crippen LogP contribution in [0, 0.1) is 10.1 Å². The van der Waals surface area contributed by atoms with Crippen molar-refractivity contribution in [3.63, 3.8) is 0 Å². The van der Waals surface area contributed by atoms with Gasteiger partial charge in [0.05, 0.1) is 42.4 Å². The fourth-order valence-electron chi connectivity index (χ4n) is 2.49. The summed E-state index contributed by atoms with van der Waals surface area (Å²) in [7, 11) is 2.05. The van der Waals surface area contributed by atoms with Crippen LogP contribution in [0.5, 0.6) is 11.5 Å².